The van der Waals surface area contributed by atoms with E-state index in [1.807, 2.05) is 0 Å². The SMILES string of the molecule is CCN1CC2CCN(C2)CC1(C)C. The molecule has 2 aliphatic heterocycles. The molecule has 2 rings (SSSR count). The third kappa shape index (κ3) is 1.75. The second-order valence-electron chi connectivity index (χ2n) is 5.24. The number of nitrogens with zero attached hydrogens (tertiary/aromatic N) is 2. The topological polar surface area (TPSA) is 6.48 Å². The molecule has 76 valence electrons. The second kappa shape index (κ2) is 3.25. The van der Waals surface area contributed by atoms with Gasteiger partial charge < -0.3 is 4.90 Å². The van der Waals surface area contributed by atoms with Gasteiger partial charge in [0.1, 0.15) is 0 Å². The van der Waals surface area contributed by atoms with Crippen LogP contribution in [0.25, 0.3) is 0 Å². The Labute approximate surface area is 81.9 Å². The zero-order chi connectivity index (χ0) is 9.47. The van der Waals surface area contributed by atoms with E-state index in [1.165, 1.54) is 39.1 Å². The lowest BCUT2D eigenvalue weighted by Gasteiger charge is -2.39. The molecule has 0 aromatic carbocycles. The van der Waals surface area contributed by atoms with E-state index in [0.717, 1.165) is 5.92 Å². The molecule has 2 aliphatic rings. The molecule has 2 nitrogen and oxygen atoms in total. The highest BCUT2D eigenvalue weighted by Gasteiger charge is 2.37. The lowest BCUT2D eigenvalue weighted by atomic mass is 10.00. The number of hydrogen-bond donors (Lipinski definition) is 0. The highest BCUT2D eigenvalue weighted by atomic mass is 15.3. The van der Waals surface area contributed by atoms with Crippen LogP contribution in [0.15, 0.2) is 0 Å². The molecular weight excluding hydrogens is 160 g/mol. The van der Waals surface area contributed by atoms with Gasteiger partial charge in [-0.3, -0.25) is 4.90 Å². The fourth-order valence-corrected chi connectivity index (χ4v) is 2.97. The molecule has 13 heavy (non-hydrogen) atoms. The fourth-order valence-electron chi connectivity index (χ4n) is 2.97. The van der Waals surface area contributed by atoms with Crippen LogP contribution in [0.3, 0.4) is 0 Å². The van der Waals surface area contributed by atoms with Crippen molar-refractivity contribution in [1.29, 1.82) is 0 Å². The number of hydrogen-bond acceptors (Lipinski definition) is 2. The van der Waals surface area contributed by atoms with E-state index >= 15 is 0 Å². The third-order valence-electron chi connectivity index (χ3n) is 3.70. The summed E-state index contributed by atoms with van der Waals surface area (Å²) in [7, 11) is 0. The Morgan fingerprint density at radius 1 is 1.31 bits per heavy atom. The van der Waals surface area contributed by atoms with Gasteiger partial charge in [0.25, 0.3) is 0 Å². The Balaban J connectivity index is 2.12. The summed E-state index contributed by atoms with van der Waals surface area (Å²) in [5, 5.41) is 0. The molecule has 2 heteroatoms. The van der Waals surface area contributed by atoms with Gasteiger partial charge in [0, 0.05) is 25.2 Å². The van der Waals surface area contributed by atoms with Gasteiger partial charge in [-0.25, -0.2) is 0 Å². The minimum absolute atomic E-state index is 0.393. The van der Waals surface area contributed by atoms with E-state index in [9.17, 15) is 0 Å². The first kappa shape index (κ1) is 9.47. The van der Waals surface area contributed by atoms with Crippen molar-refractivity contribution in [2.45, 2.75) is 32.7 Å². The Bertz CT molecular complexity index is 189. The van der Waals surface area contributed by atoms with Crippen molar-refractivity contribution in [2.24, 2.45) is 5.92 Å². The van der Waals surface area contributed by atoms with Gasteiger partial charge in [-0.2, -0.15) is 0 Å². The van der Waals surface area contributed by atoms with Crippen molar-refractivity contribution in [3.05, 3.63) is 0 Å². The molecule has 2 saturated heterocycles. The van der Waals surface area contributed by atoms with Crippen LogP contribution < -0.4 is 0 Å². The molecule has 2 heterocycles. The molecule has 0 amide bonds. The minimum Gasteiger partial charge on any atom is -0.301 e. The van der Waals surface area contributed by atoms with Gasteiger partial charge >= 0.3 is 0 Å². The first-order valence-corrected chi connectivity index (χ1v) is 5.59. The standard InChI is InChI=1S/C11H22N2/c1-4-13-8-10-5-6-12(7-10)9-11(13,2)3/h10H,4-9H2,1-3H3. The van der Waals surface area contributed by atoms with Gasteiger partial charge in [-0.05, 0) is 39.3 Å². The highest BCUT2D eigenvalue weighted by Crippen LogP contribution is 2.28. The maximum absolute atomic E-state index is 2.65. The van der Waals surface area contributed by atoms with E-state index in [0.29, 0.717) is 5.54 Å². The molecule has 0 radical (unpaired) electrons. The number of rotatable bonds is 1. The van der Waals surface area contributed by atoms with Gasteiger partial charge in [0.2, 0.25) is 0 Å². The van der Waals surface area contributed by atoms with Crippen molar-refractivity contribution < 1.29 is 0 Å². The van der Waals surface area contributed by atoms with Crippen LogP contribution in [0, 0.1) is 5.92 Å². The Hall–Kier alpha value is -0.0800. The molecule has 0 spiro atoms. The molecule has 0 aromatic rings. The van der Waals surface area contributed by atoms with Crippen LogP contribution in [0.2, 0.25) is 0 Å². The Morgan fingerprint density at radius 2 is 2.08 bits per heavy atom. The molecule has 0 N–H and O–H groups in total. The average molecular weight is 182 g/mol. The molecule has 2 unspecified atom stereocenters. The van der Waals surface area contributed by atoms with E-state index < -0.39 is 0 Å². The predicted molar refractivity (Wildman–Crippen MR) is 55.9 cm³/mol. The van der Waals surface area contributed by atoms with Gasteiger partial charge in [0.05, 0.1) is 0 Å². The minimum atomic E-state index is 0.393. The zero-order valence-corrected chi connectivity index (χ0v) is 9.21. The van der Waals surface area contributed by atoms with Gasteiger partial charge in [-0.1, -0.05) is 6.92 Å². The molecule has 0 aromatic heterocycles. The maximum Gasteiger partial charge on any atom is 0.0280 e. The summed E-state index contributed by atoms with van der Waals surface area (Å²) in [6.45, 7) is 13.5. The molecule has 2 fully saturated rings. The first-order valence-electron chi connectivity index (χ1n) is 5.59. The van der Waals surface area contributed by atoms with Crippen molar-refractivity contribution in [2.75, 3.05) is 32.7 Å². The van der Waals surface area contributed by atoms with E-state index in [4.69, 9.17) is 0 Å². The molecule has 2 bridgehead atoms. The van der Waals surface area contributed by atoms with E-state index in [2.05, 4.69) is 30.6 Å². The van der Waals surface area contributed by atoms with Crippen LogP contribution in [0.5, 0.6) is 0 Å². The summed E-state index contributed by atoms with van der Waals surface area (Å²) in [5.74, 6) is 0.946. The summed E-state index contributed by atoms with van der Waals surface area (Å²) >= 11 is 0. The Morgan fingerprint density at radius 3 is 2.77 bits per heavy atom. The summed E-state index contributed by atoms with van der Waals surface area (Å²) < 4.78 is 0. The quantitative estimate of drug-likeness (QED) is 0.605. The Kier molecular flexibility index (Phi) is 2.37. The normalized spacial score (nSPS) is 39.0. The van der Waals surface area contributed by atoms with Crippen LogP contribution >= 0.6 is 0 Å². The summed E-state index contributed by atoms with van der Waals surface area (Å²) in [4.78, 5) is 5.29. The first-order chi connectivity index (χ1) is 6.12. The molecule has 2 atom stereocenters. The third-order valence-corrected chi connectivity index (χ3v) is 3.70. The molecule has 0 saturated carbocycles. The van der Waals surface area contributed by atoms with Crippen molar-refractivity contribution in [3.63, 3.8) is 0 Å². The second-order valence-corrected chi connectivity index (χ2v) is 5.24. The average Bonchev–Trinajstić information content (AvgIpc) is 2.40. The molecule has 0 aliphatic carbocycles. The van der Waals surface area contributed by atoms with Crippen LogP contribution in [0.4, 0.5) is 0 Å². The lowest BCUT2D eigenvalue weighted by molar-refractivity contribution is 0.0958. The number of likely N-dealkylation sites (N-methyl/N-ethyl adjacent to an activating group) is 1. The van der Waals surface area contributed by atoms with Crippen LogP contribution in [0.1, 0.15) is 27.2 Å². The van der Waals surface area contributed by atoms with Crippen molar-refractivity contribution in [1.82, 2.24) is 9.80 Å². The number of fused-ring (bicyclic) bond motifs is 2. The van der Waals surface area contributed by atoms with Crippen LogP contribution in [-0.4, -0.2) is 48.1 Å². The highest BCUT2D eigenvalue weighted by molar-refractivity contribution is 4.93. The van der Waals surface area contributed by atoms with E-state index in [1.54, 1.807) is 0 Å². The predicted octanol–water partition coefficient (Wildman–Crippen LogP) is 1.42. The largest absolute Gasteiger partial charge is 0.301 e. The summed E-state index contributed by atoms with van der Waals surface area (Å²) in [5.41, 5.74) is 0.393. The van der Waals surface area contributed by atoms with E-state index in [-0.39, 0.29) is 0 Å². The monoisotopic (exact) mass is 182 g/mol. The van der Waals surface area contributed by atoms with Crippen LogP contribution in [-0.2, 0) is 0 Å². The summed E-state index contributed by atoms with van der Waals surface area (Å²) in [6, 6.07) is 0. The van der Waals surface area contributed by atoms with Gasteiger partial charge in [0.15, 0.2) is 0 Å². The zero-order valence-electron chi connectivity index (χ0n) is 9.21. The summed E-state index contributed by atoms with van der Waals surface area (Å²) in [6.07, 6.45) is 1.42. The molecular formula is C11H22N2. The van der Waals surface area contributed by atoms with Crippen molar-refractivity contribution in [3.8, 4) is 0 Å². The fraction of sp³-hybridized carbons (Fsp3) is 1.00. The van der Waals surface area contributed by atoms with Crippen molar-refractivity contribution >= 4 is 0 Å². The lowest BCUT2D eigenvalue weighted by Crippen LogP contribution is -2.50. The smallest absolute Gasteiger partial charge is 0.0280 e. The van der Waals surface area contributed by atoms with Gasteiger partial charge in [-0.15, -0.1) is 0 Å². The maximum atomic E-state index is 2.65.